The first kappa shape index (κ1) is 36.9. The number of hydrogen-bond donors (Lipinski definition) is 0. The third-order valence-corrected chi connectivity index (χ3v) is 15.4. The van der Waals surface area contributed by atoms with Gasteiger partial charge in [-0.05, 0) is 56.2 Å². The monoisotopic (exact) mass is 853 g/mol. The quantitative estimate of drug-likeness (QED) is 0.174. The van der Waals surface area contributed by atoms with Gasteiger partial charge in [0, 0.05) is 67.4 Å². The van der Waals surface area contributed by atoms with Crippen molar-refractivity contribution in [2.24, 2.45) is 21.7 Å². The lowest BCUT2D eigenvalue weighted by Crippen LogP contribution is -2.51. The van der Waals surface area contributed by atoms with Crippen LogP contribution in [0, 0.1) is 21.7 Å². The number of halogens is 2. The van der Waals surface area contributed by atoms with Crippen molar-refractivity contribution in [3.63, 3.8) is 0 Å². The molecule has 6 aliphatic carbocycles. The summed E-state index contributed by atoms with van der Waals surface area (Å²) in [5.74, 6) is -1.34. The molecule has 16 nitrogen and oxygen atoms in total. The van der Waals surface area contributed by atoms with E-state index < -0.39 is 23.9 Å². The molecular formula is C44H51F2N10O6+. The highest BCUT2D eigenvalue weighted by Gasteiger charge is 2.76. The average Bonchev–Trinajstić information content (AvgIpc) is 3.97. The highest BCUT2D eigenvalue weighted by Crippen LogP contribution is 2.66. The fourth-order valence-corrected chi connectivity index (χ4v) is 9.97. The Morgan fingerprint density at radius 2 is 1.34 bits per heavy atom. The third-order valence-electron chi connectivity index (χ3n) is 15.4. The molecular weight excluding hydrogens is 803 g/mol. The molecule has 4 aromatic heterocycles. The summed E-state index contributed by atoms with van der Waals surface area (Å²) in [6.07, 6.45) is 16.5. The molecule has 62 heavy (non-hydrogen) atoms. The maximum atomic E-state index is 14.2. The largest absolute Gasteiger partial charge is 0.488 e. The first-order valence-electron chi connectivity index (χ1n) is 22.7. The van der Waals surface area contributed by atoms with Crippen molar-refractivity contribution < 1.29 is 41.9 Å². The Labute approximate surface area is 356 Å². The predicted octanol–water partition coefficient (Wildman–Crippen LogP) is 4.57. The van der Waals surface area contributed by atoms with Gasteiger partial charge >= 0.3 is 0 Å². The molecule has 4 spiro atoms. The first-order valence-corrected chi connectivity index (χ1v) is 22.7. The molecule has 8 heterocycles. The van der Waals surface area contributed by atoms with E-state index in [-0.39, 0.29) is 48.6 Å². The van der Waals surface area contributed by atoms with Crippen molar-refractivity contribution in [3.8, 4) is 34.3 Å². The van der Waals surface area contributed by atoms with E-state index in [1.807, 2.05) is 34.4 Å². The van der Waals surface area contributed by atoms with Crippen LogP contribution in [-0.2, 0) is 32.0 Å². The fourth-order valence-electron chi connectivity index (χ4n) is 9.97. The van der Waals surface area contributed by atoms with Gasteiger partial charge < -0.3 is 38.2 Å². The Hall–Kier alpha value is -4.52. The zero-order chi connectivity index (χ0) is 41.1. The van der Waals surface area contributed by atoms with E-state index >= 15 is 0 Å². The van der Waals surface area contributed by atoms with E-state index in [0.29, 0.717) is 79.9 Å². The lowest BCUT2D eigenvalue weighted by molar-refractivity contribution is -0.791. The summed E-state index contributed by atoms with van der Waals surface area (Å²) < 4.78 is 70.2. The number of alkyl halides is 2. The highest BCUT2D eigenvalue weighted by molar-refractivity contribution is 5.68. The molecule has 4 aliphatic heterocycles. The Balaban J connectivity index is 0.752. The number of nitrogens with zero attached hydrogens (tertiary/aromatic N) is 10. The second-order valence-corrected chi connectivity index (χ2v) is 20.7. The Kier molecular flexibility index (Phi) is 7.63. The molecule has 0 amide bonds. The van der Waals surface area contributed by atoms with Crippen LogP contribution in [0.1, 0.15) is 70.3 Å². The minimum Gasteiger partial charge on any atom is -0.488 e. The van der Waals surface area contributed by atoms with E-state index in [4.69, 9.17) is 43.5 Å². The van der Waals surface area contributed by atoms with Crippen LogP contribution in [0.15, 0.2) is 36.9 Å². The summed E-state index contributed by atoms with van der Waals surface area (Å²) in [5, 5.41) is 14.1. The van der Waals surface area contributed by atoms with Gasteiger partial charge in [0.2, 0.25) is 0 Å². The summed E-state index contributed by atoms with van der Waals surface area (Å²) in [6.45, 7) is 6.36. The predicted molar refractivity (Wildman–Crippen MR) is 213 cm³/mol. The molecule has 2 atom stereocenters. The normalized spacial score (nSPS) is 29.7. The Bertz CT molecular complexity index is 2430. The molecule has 6 saturated carbocycles. The fraction of sp³-hybridized carbons (Fsp3) is 0.682. The smallest absolute Gasteiger partial charge is 0.270 e. The molecule has 18 heteroatoms. The SMILES string of the molecule is FC1(F)CC12CN(c1cnc(-c3cn(CC4OCC5(CC5)CO4)nn3)c(OC3CC3n3nc(-c4ncc(N5CC6(CC6)C5)cc4OC4CC4)c[n+]3CC3OCC4(CC4)CO3)c1)C2. The van der Waals surface area contributed by atoms with Crippen LogP contribution < -0.4 is 24.0 Å². The average molecular weight is 854 g/mol. The maximum absolute atomic E-state index is 14.2. The molecule has 10 fully saturated rings. The minimum absolute atomic E-state index is 0.0652. The number of ether oxygens (including phenoxy) is 6. The van der Waals surface area contributed by atoms with Crippen molar-refractivity contribution in [2.45, 2.75) is 114 Å². The van der Waals surface area contributed by atoms with Crippen LogP contribution >= 0.6 is 0 Å². The summed E-state index contributed by atoms with van der Waals surface area (Å²) >= 11 is 0. The molecule has 14 rings (SSSR count). The van der Waals surface area contributed by atoms with Gasteiger partial charge in [-0.15, -0.1) is 5.10 Å². The van der Waals surface area contributed by atoms with Gasteiger partial charge in [0.25, 0.3) is 11.6 Å². The molecule has 0 radical (unpaired) electrons. The lowest BCUT2D eigenvalue weighted by Gasteiger charge is -2.41. The summed E-state index contributed by atoms with van der Waals surface area (Å²) in [5.41, 5.74) is 4.27. The van der Waals surface area contributed by atoms with E-state index in [9.17, 15) is 8.78 Å². The molecule has 0 N–H and O–H groups in total. The third kappa shape index (κ3) is 6.47. The van der Waals surface area contributed by atoms with Gasteiger partial charge in [-0.1, -0.05) is 5.21 Å². The number of hydrogen-bond acceptors (Lipinski definition) is 13. The Morgan fingerprint density at radius 1 is 0.742 bits per heavy atom. The van der Waals surface area contributed by atoms with Gasteiger partial charge in [0.05, 0.1) is 79.6 Å². The summed E-state index contributed by atoms with van der Waals surface area (Å²) in [7, 11) is 0. The lowest BCUT2D eigenvalue weighted by atomic mass is 9.95. The van der Waals surface area contributed by atoms with E-state index in [1.54, 1.807) is 10.9 Å². The number of aromatic nitrogens is 8. The van der Waals surface area contributed by atoms with E-state index in [1.165, 1.54) is 12.8 Å². The Morgan fingerprint density at radius 3 is 1.95 bits per heavy atom. The standard InChI is InChI=1S/C44H51F2N10O6/c45-44(46)18-43(44)21-53(22-43)28-10-35(38(47-13-28)30-14-54(51-49-30)16-36-57-23-41(5-6-41)24-58-36)62-33-11-32(33)56-50-31(15-55(56)17-37-59-25-42(7-8-42)26-60-37)39-34(61-29-1-2-29)9-27(12-48-39)52-19-40(20-52)3-4-40/h9-10,12-15,29,32-33,36-37H,1-8,11,16-26H2/q+1. The second-order valence-electron chi connectivity index (χ2n) is 20.7. The summed E-state index contributed by atoms with van der Waals surface area (Å²) in [4.78, 5) is 16.2. The topological polar surface area (TPSA) is 140 Å². The zero-order valence-electron chi connectivity index (χ0n) is 34.7. The molecule has 2 unspecified atom stereocenters. The highest BCUT2D eigenvalue weighted by atomic mass is 19.3. The van der Waals surface area contributed by atoms with Crippen LogP contribution in [0.25, 0.3) is 22.8 Å². The van der Waals surface area contributed by atoms with Crippen molar-refractivity contribution in [3.05, 3.63) is 36.9 Å². The number of anilines is 2. The van der Waals surface area contributed by atoms with Gasteiger partial charge in [0.15, 0.2) is 42.8 Å². The molecule has 326 valence electrons. The zero-order valence-corrected chi connectivity index (χ0v) is 34.7. The van der Waals surface area contributed by atoms with Crippen molar-refractivity contribution in [2.75, 3.05) is 62.4 Å². The second kappa shape index (κ2) is 12.8. The van der Waals surface area contributed by atoms with E-state index in [0.717, 1.165) is 68.7 Å². The van der Waals surface area contributed by atoms with E-state index in [2.05, 4.69) is 26.0 Å². The van der Waals surface area contributed by atoms with Gasteiger partial charge in [0.1, 0.15) is 23.2 Å². The molecule has 10 aliphatic rings. The summed E-state index contributed by atoms with van der Waals surface area (Å²) in [6, 6.07) is 3.92. The minimum atomic E-state index is -2.61. The van der Waals surface area contributed by atoms with Crippen molar-refractivity contribution >= 4 is 11.4 Å². The van der Waals surface area contributed by atoms with Crippen LogP contribution in [-0.4, -0.2) is 118 Å². The number of rotatable bonds is 13. The molecule has 4 aromatic rings. The van der Waals surface area contributed by atoms with Gasteiger partial charge in [-0.3, -0.25) is 0 Å². The first-order chi connectivity index (χ1) is 30.1. The molecule has 0 aromatic carbocycles. The maximum Gasteiger partial charge on any atom is 0.270 e. The van der Waals surface area contributed by atoms with Crippen LogP contribution in [0.4, 0.5) is 20.2 Å². The molecule has 0 bridgehead atoms. The van der Waals surface area contributed by atoms with Crippen LogP contribution in [0.3, 0.4) is 0 Å². The molecule has 4 saturated heterocycles. The van der Waals surface area contributed by atoms with Crippen molar-refractivity contribution in [1.29, 1.82) is 0 Å². The number of pyridine rings is 2. The van der Waals surface area contributed by atoms with Crippen LogP contribution in [0.2, 0.25) is 0 Å². The van der Waals surface area contributed by atoms with Crippen LogP contribution in [0.5, 0.6) is 11.5 Å². The van der Waals surface area contributed by atoms with Crippen molar-refractivity contribution in [1.82, 2.24) is 34.9 Å². The van der Waals surface area contributed by atoms with Gasteiger partial charge in [-0.2, -0.15) is 4.68 Å². The van der Waals surface area contributed by atoms with Gasteiger partial charge in [-0.25, -0.2) is 23.4 Å².